The Morgan fingerprint density at radius 1 is 0.970 bits per heavy atom. The van der Waals surface area contributed by atoms with Gasteiger partial charge in [-0.05, 0) is 17.2 Å². The Morgan fingerprint density at radius 3 is 2.36 bits per heavy atom. The molecule has 10 heteroatoms. The fraction of sp³-hybridized carbons (Fsp3) is 0.217. The molecule has 6 N–H and O–H groups in total. The first-order valence-electron chi connectivity index (χ1n) is 10.2. The number of nitrogens with one attached hydrogen (secondary N) is 3. The third-order valence-corrected chi connectivity index (χ3v) is 4.94. The van der Waals surface area contributed by atoms with Crippen LogP contribution in [0.25, 0.3) is 10.9 Å². The van der Waals surface area contributed by atoms with E-state index in [2.05, 4.69) is 15.6 Å². The van der Waals surface area contributed by atoms with Crippen molar-refractivity contribution in [3.05, 3.63) is 71.9 Å². The minimum absolute atomic E-state index is 0.00642. The van der Waals surface area contributed by atoms with Gasteiger partial charge in [-0.1, -0.05) is 48.5 Å². The average molecular weight is 452 g/mol. The first kappa shape index (κ1) is 23.3. The SMILES string of the molecule is NC(=O)C[C@H](NC(=O)[C@H](Cc1c[nH]c2ccccc12)NC(=O)OCc1ccccc1)C(=O)O. The Kier molecular flexibility index (Phi) is 7.64. The molecule has 2 aromatic carbocycles. The van der Waals surface area contributed by atoms with E-state index < -0.39 is 42.4 Å². The number of rotatable bonds is 10. The van der Waals surface area contributed by atoms with Crippen LogP contribution in [0.2, 0.25) is 0 Å². The second-order valence-corrected chi connectivity index (χ2v) is 7.39. The Bertz CT molecular complexity index is 1140. The van der Waals surface area contributed by atoms with Gasteiger partial charge in [0.15, 0.2) is 0 Å². The molecule has 1 heterocycles. The lowest BCUT2D eigenvalue weighted by Gasteiger charge is -2.21. The highest BCUT2D eigenvalue weighted by atomic mass is 16.5. The molecule has 0 fully saturated rings. The summed E-state index contributed by atoms with van der Waals surface area (Å²) in [6.07, 6.45) is 0.332. The molecule has 0 saturated heterocycles. The van der Waals surface area contributed by atoms with Crippen LogP contribution in [0.3, 0.4) is 0 Å². The number of aliphatic carboxylic acids is 1. The van der Waals surface area contributed by atoms with E-state index >= 15 is 0 Å². The molecule has 3 amide bonds. The maximum Gasteiger partial charge on any atom is 0.408 e. The largest absolute Gasteiger partial charge is 0.480 e. The van der Waals surface area contributed by atoms with Crippen LogP contribution in [0.5, 0.6) is 0 Å². The lowest BCUT2D eigenvalue weighted by Crippen LogP contribution is -2.53. The first-order valence-corrected chi connectivity index (χ1v) is 10.2. The van der Waals surface area contributed by atoms with Crippen LogP contribution < -0.4 is 16.4 Å². The van der Waals surface area contributed by atoms with Crippen LogP contribution >= 0.6 is 0 Å². The molecule has 0 bridgehead atoms. The molecular weight excluding hydrogens is 428 g/mol. The highest BCUT2D eigenvalue weighted by Crippen LogP contribution is 2.19. The molecule has 1 aromatic heterocycles. The molecule has 33 heavy (non-hydrogen) atoms. The number of amides is 3. The smallest absolute Gasteiger partial charge is 0.408 e. The van der Waals surface area contributed by atoms with Gasteiger partial charge in [0.1, 0.15) is 18.7 Å². The van der Waals surface area contributed by atoms with E-state index in [-0.39, 0.29) is 13.0 Å². The van der Waals surface area contributed by atoms with E-state index in [0.29, 0.717) is 0 Å². The molecule has 0 radical (unpaired) electrons. The fourth-order valence-corrected chi connectivity index (χ4v) is 3.31. The molecule has 0 aliphatic rings. The van der Waals surface area contributed by atoms with Gasteiger partial charge in [0.2, 0.25) is 11.8 Å². The predicted octanol–water partition coefficient (Wildman–Crippen LogP) is 1.45. The lowest BCUT2D eigenvalue weighted by atomic mass is 10.0. The minimum Gasteiger partial charge on any atom is -0.480 e. The number of carboxylic acid groups (broad SMARTS) is 1. The van der Waals surface area contributed by atoms with Gasteiger partial charge in [0.25, 0.3) is 0 Å². The summed E-state index contributed by atoms with van der Waals surface area (Å²) in [5.41, 5.74) is 7.42. The summed E-state index contributed by atoms with van der Waals surface area (Å²) < 4.78 is 5.20. The molecule has 10 nitrogen and oxygen atoms in total. The molecule has 0 aliphatic heterocycles. The van der Waals surface area contributed by atoms with E-state index in [9.17, 15) is 24.3 Å². The zero-order chi connectivity index (χ0) is 23.8. The number of hydrogen-bond acceptors (Lipinski definition) is 5. The molecule has 0 saturated carbocycles. The molecule has 172 valence electrons. The Morgan fingerprint density at radius 2 is 1.67 bits per heavy atom. The number of ether oxygens (including phenoxy) is 1. The normalized spacial score (nSPS) is 12.5. The number of hydrogen-bond donors (Lipinski definition) is 5. The van der Waals surface area contributed by atoms with Crippen LogP contribution in [-0.2, 0) is 32.1 Å². The van der Waals surface area contributed by atoms with Gasteiger partial charge in [-0.25, -0.2) is 9.59 Å². The topological polar surface area (TPSA) is 164 Å². The monoisotopic (exact) mass is 452 g/mol. The van der Waals surface area contributed by atoms with Crippen molar-refractivity contribution < 1.29 is 29.0 Å². The number of carboxylic acids is 1. The average Bonchev–Trinajstić information content (AvgIpc) is 3.20. The van der Waals surface area contributed by atoms with Gasteiger partial charge < -0.3 is 31.2 Å². The number of para-hydroxylation sites is 1. The van der Waals surface area contributed by atoms with Crippen LogP contribution in [-0.4, -0.2) is 46.1 Å². The molecule has 0 unspecified atom stereocenters. The standard InChI is InChI=1S/C23H24N4O6/c24-20(28)11-19(22(30)31)26-21(29)18(10-15-12-25-17-9-5-4-8-16(15)17)27-23(32)33-13-14-6-2-1-3-7-14/h1-9,12,18-19,25H,10-11,13H2,(H2,24,28)(H,26,29)(H,27,32)(H,30,31)/t18-,19-/m0/s1. The molecular formula is C23H24N4O6. The quantitative estimate of drug-likeness (QED) is 0.312. The number of nitrogens with two attached hydrogens (primary N) is 1. The zero-order valence-electron chi connectivity index (χ0n) is 17.6. The minimum atomic E-state index is -1.53. The van der Waals surface area contributed by atoms with Crippen LogP contribution in [0.15, 0.2) is 60.8 Å². The second kappa shape index (κ2) is 10.8. The van der Waals surface area contributed by atoms with Gasteiger partial charge in [-0.2, -0.15) is 0 Å². The number of aromatic amines is 1. The number of alkyl carbamates (subject to hydrolysis) is 1. The highest BCUT2D eigenvalue weighted by molar-refractivity contribution is 5.92. The van der Waals surface area contributed by atoms with E-state index in [4.69, 9.17) is 10.5 Å². The first-order chi connectivity index (χ1) is 15.8. The van der Waals surface area contributed by atoms with Crippen LogP contribution in [0.1, 0.15) is 17.5 Å². The Balaban J connectivity index is 1.75. The number of carbonyl (C=O) groups excluding carboxylic acids is 3. The van der Waals surface area contributed by atoms with Crippen LogP contribution in [0.4, 0.5) is 4.79 Å². The van der Waals surface area contributed by atoms with Crippen molar-refractivity contribution in [3.8, 4) is 0 Å². The number of primary amides is 1. The maximum absolute atomic E-state index is 12.9. The van der Waals surface area contributed by atoms with Gasteiger partial charge in [0, 0.05) is 23.5 Å². The predicted molar refractivity (Wildman–Crippen MR) is 119 cm³/mol. The van der Waals surface area contributed by atoms with Crippen molar-refractivity contribution in [2.75, 3.05) is 0 Å². The second-order valence-electron chi connectivity index (χ2n) is 7.39. The van der Waals surface area contributed by atoms with E-state index in [0.717, 1.165) is 22.0 Å². The highest BCUT2D eigenvalue weighted by Gasteiger charge is 2.29. The van der Waals surface area contributed by atoms with Gasteiger partial charge in [0.05, 0.1) is 6.42 Å². The van der Waals surface area contributed by atoms with Gasteiger partial charge in [-0.15, -0.1) is 0 Å². The molecule has 3 aromatic rings. The summed E-state index contributed by atoms with van der Waals surface area (Å²) in [5, 5.41) is 14.9. The Hall–Kier alpha value is -4.34. The van der Waals surface area contributed by atoms with Crippen molar-refractivity contribution in [3.63, 3.8) is 0 Å². The molecule has 0 spiro atoms. The van der Waals surface area contributed by atoms with E-state index in [1.165, 1.54) is 0 Å². The summed E-state index contributed by atoms with van der Waals surface area (Å²) in [6.45, 7) is -0.00642. The van der Waals surface area contributed by atoms with Crippen molar-refractivity contribution in [2.45, 2.75) is 31.5 Å². The number of carbonyl (C=O) groups is 4. The van der Waals surface area contributed by atoms with Crippen LogP contribution in [0, 0.1) is 0 Å². The summed E-state index contributed by atoms with van der Waals surface area (Å²) in [6, 6.07) is 13.7. The van der Waals surface area contributed by atoms with E-state index in [1.807, 2.05) is 30.3 Å². The zero-order valence-corrected chi connectivity index (χ0v) is 17.6. The number of aromatic nitrogens is 1. The summed E-state index contributed by atoms with van der Waals surface area (Å²) in [4.78, 5) is 51.0. The van der Waals surface area contributed by atoms with Gasteiger partial charge in [-0.3, -0.25) is 9.59 Å². The molecule has 0 aliphatic carbocycles. The summed E-state index contributed by atoms with van der Waals surface area (Å²) in [5.74, 6) is -3.09. The van der Waals surface area contributed by atoms with E-state index in [1.54, 1.807) is 30.5 Å². The van der Waals surface area contributed by atoms with Crippen molar-refractivity contribution in [2.24, 2.45) is 5.73 Å². The number of fused-ring (bicyclic) bond motifs is 1. The summed E-state index contributed by atoms with van der Waals surface area (Å²) in [7, 11) is 0. The lowest BCUT2D eigenvalue weighted by molar-refractivity contribution is -0.143. The molecule has 2 atom stereocenters. The van der Waals surface area contributed by atoms with Crippen molar-refractivity contribution in [1.82, 2.24) is 15.6 Å². The molecule has 3 rings (SSSR count). The van der Waals surface area contributed by atoms with Gasteiger partial charge >= 0.3 is 12.1 Å². The van der Waals surface area contributed by atoms with Crippen molar-refractivity contribution in [1.29, 1.82) is 0 Å². The maximum atomic E-state index is 12.9. The Labute approximate surface area is 189 Å². The number of H-pyrrole nitrogens is 1. The third kappa shape index (κ3) is 6.57. The fourth-order valence-electron chi connectivity index (χ4n) is 3.31. The van der Waals surface area contributed by atoms with Crippen molar-refractivity contribution >= 4 is 34.8 Å². The summed E-state index contributed by atoms with van der Waals surface area (Å²) >= 11 is 0. The third-order valence-electron chi connectivity index (χ3n) is 4.94. The number of benzene rings is 2.